The number of para-hydroxylation sites is 1. The summed E-state index contributed by atoms with van der Waals surface area (Å²) >= 11 is 0.959. The van der Waals surface area contributed by atoms with Crippen molar-refractivity contribution in [3.63, 3.8) is 0 Å². The molecule has 12 heteroatoms. The molecular weight excluding hydrogens is 511 g/mol. The Morgan fingerprint density at radius 2 is 1.82 bits per heavy atom. The lowest BCUT2D eigenvalue weighted by molar-refractivity contribution is -0.0500. The summed E-state index contributed by atoms with van der Waals surface area (Å²) in [7, 11) is -9.98. The smallest absolute Gasteiger partial charge is 0.375 e. The van der Waals surface area contributed by atoms with E-state index in [1.807, 2.05) is 36.9 Å². The highest BCUT2D eigenvalue weighted by molar-refractivity contribution is 7.98. The second-order valence-corrected chi connectivity index (χ2v) is 12.9. The molecule has 2 aromatic carbocycles. The highest BCUT2D eigenvalue weighted by Crippen LogP contribution is 2.46. The fraction of sp³-hybridized carbons (Fsp3) is 0.455. The number of alkyl halides is 3. The molecule has 0 amide bonds. The average molecular weight is 538 g/mol. The number of fused-ring (bicyclic) bond motifs is 1. The van der Waals surface area contributed by atoms with E-state index >= 15 is 0 Å². The molecule has 34 heavy (non-hydrogen) atoms. The largest absolute Gasteiger partial charge is 0.534 e. The van der Waals surface area contributed by atoms with E-state index in [9.17, 15) is 30.0 Å². The van der Waals surface area contributed by atoms with Crippen LogP contribution in [0.1, 0.15) is 33.1 Å². The van der Waals surface area contributed by atoms with Gasteiger partial charge in [0.25, 0.3) is 0 Å². The van der Waals surface area contributed by atoms with Gasteiger partial charge in [0.15, 0.2) is 15.6 Å². The minimum absolute atomic E-state index is 0.0693. The van der Waals surface area contributed by atoms with E-state index in [0.29, 0.717) is 18.7 Å². The molecule has 1 aliphatic rings. The van der Waals surface area contributed by atoms with Gasteiger partial charge in [-0.3, -0.25) is 0 Å². The summed E-state index contributed by atoms with van der Waals surface area (Å²) in [5.41, 5.74) is -5.31. The first-order valence-electron chi connectivity index (χ1n) is 10.5. The number of anilines is 2. The zero-order chi connectivity index (χ0) is 25.4. The summed E-state index contributed by atoms with van der Waals surface area (Å²) in [4.78, 5) is 1.64. The molecule has 0 bridgehead atoms. The van der Waals surface area contributed by atoms with Crippen molar-refractivity contribution in [2.24, 2.45) is 5.41 Å². The van der Waals surface area contributed by atoms with Crippen LogP contribution in [-0.4, -0.2) is 40.9 Å². The molecule has 0 fully saturated rings. The van der Waals surface area contributed by atoms with Crippen LogP contribution >= 0.6 is 11.8 Å². The van der Waals surface area contributed by atoms with E-state index in [-0.39, 0.29) is 21.2 Å². The number of thioether (sulfide) groups is 1. The monoisotopic (exact) mass is 537 g/mol. The Balaban J connectivity index is 2.26. The number of halogens is 3. The molecule has 0 radical (unpaired) electrons. The number of hydrogen-bond donors (Lipinski definition) is 0. The van der Waals surface area contributed by atoms with Crippen molar-refractivity contribution in [2.75, 3.05) is 23.5 Å². The number of benzene rings is 2. The lowest BCUT2D eigenvalue weighted by atomic mass is 9.86. The van der Waals surface area contributed by atoms with E-state index in [2.05, 4.69) is 4.18 Å². The Labute approximate surface area is 202 Å². The van der Waals surface area contributed by atoms with Crippen molar-refractivity contribution in [3.8, 4) is 5.75 Å². The molecule has 0 spiro atoms. The highest BCUT2D eigenvalue weighted by atomic mass is 32.2. The van der Waals surface area contributed by atoms with Crippen LogP contribution in [0.3, 0.4) is 0 Å². The van der Waals surface area contributed by atoms with Gasteiger partial charge < -0.3 is 9.08 Å². The third kappa shape index (κ3) is 5.49. The van der Waals surface area contributed by atoms with Crippen LogP contribution in [0.2, 0.25) is 0 Å². The van der Waals surface area contributed by atoms with Gasteiger partial charge in [-0.15, -0.1) is 11.8 Å². The number of rotatable bonds is 7. The minimum atomic E-state index is -5.98. The first-order valence-corrected chi connectivity index (χ1v) is 14.8. The van der Waals surface area contributed by atoms with Gasteiger partial charge in [-0.2, -0.15) is 21.6 Å². The summed E-state index contributed by atoms with van der Waals surface area (Å²) in [6.07, 6.45) is 3.84. The van der Waals surface area contributed by atoms with Crippen LogP contribution in [0.15, 0.2) is 52.3 Å². The van der Waals surface area contributed by atoms with Crippen molar-refractivity contribution in [1.29, 1.82) is 0 Å². The Kier molecular flexibility index (Phi) is 7.55. The number of sulfone groups is 1. The molecule has 1 unspecified atom stereocenters. The molecular formula is C22H26F3NO5S3. The third-order valence-corrected chi connectivity index (χ3v) is 9.43. The minimum Gasteiger partial charge on any atom is -0.375 e. The van der Waals surface area contributed by atoms with Gasteiger partial charge in [0.1, 0.15) is 0 Å². The molecule has 1 atom stereocenters. The van der Waals surface area contributed by atoms with Gasteiger partial charge in [-0.25, -0.2) is 8.42 Å². The maximum absolute atomic E-state index is 13.5. The SMILES string of the molecule is CCCCC1(C)CN(c2ccccc2)c2cc(SC)c(OS(=O)(=O)C(F)(F)F)cc2S(=O)(=O)C1. The van der Waals surface area contributed by atoms with Crippen molar-refractivity contribution in [2.45, 2.75) is 48.4 Å². The molecule has 3 rings (SSSR count). The van der Waals surface area contributed by atoms with E-state index in [0.717, 1.165) is 30.7 Å². The van der Waals surface area contributed by atoms with E-state index in [1.54, 1.807) is 12.1 Å². The van der Waals surface area contributed by atoms with Gasteiger partial charge >= 0.3 is 15.6 Å². The van der Waals surface area contributed by atoms with E-state index < -0.39 is 36.6 Å². The maximum atomic E-state index is 13.5. The molecule has 1 aliphatic heterocycles. The van der Waals surface area contributed by atoms with Crippen LogP contribution in [-0.2, 0) is 20.0 Å². The molecule has 2 aromatic rings. The van der Waals surface area contributed by atoms with E-state index in [1.165, 1.54) is 12.3 Å². The maximum Gasteiger partial charge on any atom is 0.534 e. The number of nitrogens with zero attached hydrogens (tertiary/aromatic N) is 1. The van der Waals surface area contributed by atoms with Crippen molar-refractivity contribution in [1.82, 2.24) is 0 Å². The van der Waals surface area contributed by atoms with Crippen LogP contribution in [0.5, 0.6) is 5.75 Å². The first kappa shape index (κ1) is 26.7. The molecule has 188 valence electrons. The molecule has 6 nitrogen and oxygen atoms in total. The Morgan fingerprint density at radius 3 is 2.38 bits per heavy atom. The van der Waals surface area contributed by atoms with E-state index in [4.69, 9.17) is 0 Å². The quantitative estimate of drug-likeness (QED) is 0.252. The fourth-order valence-electron chi connectivity index (χ4n) is 4.02. The first-order chi connectivity index (χ1) is 15.7. The lowest BCUT2D eigenvalue weighted by Crippen LogP contribution is -2.35. The normalized spacial score (nSPS) is 20.5. The zero-order valence-electron chi connectivity index (χ0n) is 18.9. The Hall–Kier alpha value is -1.92. The number of unbranched alkanes of at least 4 members (excludes halogenated alkanes) is 1. The van der Waals surface area contributed by atoms with Gasteiger partial charge in [0.05, 0.1) is 21.2 Å². The third-order valence-electron chi connectivity index (χ3n) is 5.63. The highest BCUT2D eigenvalue weighted by Gasteiger charge is 2.49. The van der Waals surface area contributed by atoms with Crippen LogP contribution in [0.4, 0.5) is 24.5 Å². The van der Waals surface area contributed by atoms with Crippen LogP contribution < -0.4 is 9.08 Å². The average Bonchev–Trinajstić information content (AvgIpc) is 2.83. The predicted molar refractivity (Wildman–Crippen MR) is 127 cm³/mol. The second kappa shape index (κ2) is 9.62. The van der Waals surface area contributed by atoms with Crippen LogP contribution in [0, 0.1) is 5.41 Å². The summed E-state index contributed by atoms with van der Waals surface area (Å²) in [6.45, 7) is 4.24. The molecule has 0 saturated heterocycles. The molecule has 0 N–H and O–H groups in total. The summed E-state index contributed by atoms with van der Waals surface area (Å²) in [5.74, 6) is -0.905. The summed E-state index contributed by atoms with van der Waals surface area (Å²) < 4.78 is 93.7. The topological polar surface area (TPSA) is 80.8 Å². The predicted octanol–water partition coefficient (Wildman–Crippen LogP) is 5.76. The zero-order valence-corrected chi connectivity index (χ0v) is 21.4. The van der Waals surface area contributed by atoms with Gasteiger partial charge in [0, 0.05) is 18.3 Å². The second-order valence-electron chi connectivity index (χ2n) is 8.55. The van der Waals surface area contributed by atoms with Gasteiger partial charge in [-0.1, -0.05) is 44.9 Å². The Bertz CT molecular complexity index is 1250. The lowest BCUT2D eigenvalue weighted by Gasteiger charge is -2.34. The molecule has 0 saturated carbocycles. The van der Waals surface area contributed by atoms with Crippen molar-refractivity contribution >= 4 is 43.1 Å². The Morgan fingerprint density at radius 1 is 1.18 bits per heavy atom. The molecule has 1 heterocycles. The molecule has 0 aromatic heterocycles. The number of hydrogen-bond acceptors (Lipinski definition) is 7. The van der Waals surface area contributed by atoms with Crippen LogP contribution in [0.25, 0.3) is 0 Å². The van der Waals surface area contributed by atoms with Gasteiger partial charge in [-0.05, 0) is 36.3 Å². The van der Waals surface area contributed by atoms with Crippen molar-refractivity contribution < 1.29 is 34.2 Å². The summed E-state index contributed by atoms with van der Waals surface area (Å²) in [5, 5.41) is 0. The molecule has 0 aliphatic carbocycles. The summed E-state index contributed by atoms with van der Waals surface area (Å²) in [6, 6.07) is 11.4. The van der Waals surface area contributed by atoms with Gasteiger partial charge in [0.2, 0.25) is 0 Å². The fourth-order valence-corrected chi connectivity index (χ4v) is 7.16. The standard InChI is InChI=1S/C22H26F3NO5S3/c1-4-5-11-21(2)14-26(16-9-7-6-8-10-16)17-12-19(32-3)18(13-20(17)33(27,28)15-21)31-34(29,30)22(23,24)25/h6-10,12-13H,4-5,11,14-15H2,1-3H3. The van der Waals surface area contributed by atoms with Crippen molar-refractivity contribution in [3.05, 3.63) is 42.5 Å².